The zero-order valence-electron chi connectivity index (χ0n) is 13.0. The molecule has 2 aromatic rings. The second kappa shape index (κ2) is 6.83. The van der Waals surface area contributed by atoms with Gasteiger partial charge in [-0.05, 0) is 42.8 Å². The van der Waals surface area contributed by atoms with Gasteiger partial charge in [-0.2, -0.15) is 0 Å². The van der Waals surface area contributed by atoms with Crippen molar-refractivity contribution in [1.82, 2.24) is 0 Å². The second-order valence-electron chi connectivity index (χ2n) is 5.69. The molecule has 2 aliphatic heterocycles. The molecule has 0 amide bonds. The van der Waals surface area contributed by atoms with Crippen LogP contribution in [0.15, 0.2) is 53.5 Å². The average Bonchev–Trinajstić information content (AvgIpc) is 2.90. The van der Waals surface area contributed by atoms with E-state index in [9.17, 15) is 4.79 Å². The highest BCUT2D eigenvalue weighted by Gasteiger charge is 2.34. The number of fused-ring (bicyclic) bond motifs is 3. The number of Topliss-reactive ketones (excluding diaryl/α,β-unsaturated/α-hetero) is 1. The summed E-state index contributed by atoms with van der Waals surface area (Å²) >= 11 is 5.90. The van der Waals surface area contributed by atoms with Gasteiger partial charge in [0.15, 0.2) is 5.78 Å². The van der Waals surface area contributed by atoms with E-state index in [0.717, 1.165) is 36.8 Å². The van der Waals surface area contributed by atoms with Gasteiger partial charge in [-0.15, -0.1) is 12.4 Å². The fraction of sp³-hybridized carbons (Fsp3) is 0.222. The Morgan fingerprint density at radius 2 is 1.79 bits per heavy atom. The Hall–Kier alpha value is -2.04. The molecule has 0 aromatic heterocycles. The van der Waals surface area contributed by atoms with E-state index in [2.05, 4.69) is 16.0 Å². The molecule has 0 unspecified atom stereocenters. The lowest BCUT2D eigenvalue weighted by molar-refractivity contribution is 0.100. The number of aliphatic imine (C=N–C) groups is 1. The van der Waals surface area contributed by atoms with Gasteiger partial charge in [0.25, 0.3) is 0 Å². The van der Waals surface area contributed by atoms with Crippen molar-refractivity contribution in [2.24, 2.45) is 4.99 Å². The van der Waals surface area contributed by atoms with Gasteiger partial charge in [0, 0.05) is 23.7 Å². The van der Waals surface area contributed by atoms with Crippen LogP contribution >= 0.6 is 24.0 Å². The molecular formula is C18H17Cl2N3O. The Morgan fingerprint density at radius 3 is 2.54 bits per heavy atom. The molecule has 4 nitrogen and oxygen atoms in total. The monoisotopic (exact) mass is 361 g/mol. The largest absolute Gasteiger partial charge is 0.310 e. The van der Waals surface area contributed by atoms with Crippen molar-refractivity contribution in [3.8, 4) is 0 Å². The summed E-state index contributed by atoms with van der Waals surface area (Å²) in [5, 5.41) is 0.635. The number of carbonyl (C=O) groups excluding carboxylic acids is 1. The molecular weight excluding hydrogens is 345 g/mol. The lowest BCUT2D eigenvalue weighted by atomic mass is 10.1. The quantitative estimate of drug-likeness (QED) is 0.774. The van der Waals surface area contributed by atoms with E-state index in [1.807, 2.05) is 23.1 Å². The van der Waals surface area contributed by atoms with Crippen LogP contribution in [-0.4, -0.2) is 31.4 Å². The number of rotatable bonds is 3. The zero-order chi connectivity index (χ0) is 15.8. The number of carbonyl (C=O) groups is 1. The summed E-state index contributed by atoms with van der Waals surface area (Å²) in [4.78, 5) is 21.5. The minimum absolute atomic E-state index is 0. The summed E-state index contributed by atoms with van der Waals surface area (Å²) in [5.74, 6) is 0.950. The first-order valence-corrected chi connectivity index (χ1v) is 8.09. The molecule has 0 aliphatic carbocycles. The van der Waals surface area contributed by atoms with Crippen LogP contribution in [0, 0.1) is 0 Å². The smallest absolute Gasteiger partial charge is 0.206 e. The van der Waals surface area contributed by atoms with Crippen LogP contribution in [0.1, 0.15) is 16.8 Å². The van der Waals surface area contributed by atoms with Crippen LogP contribution in [0.3, 0.4) is 0 Å². The van der Waals surface area contributed by atoms with Crippen LogP contribution < -0.4 is 9.80 Å². The molecule has 0 bridgehead atoms. The van der Waals surface area contributed by atoms with Gasteiger partial charge in [-0.3, -0.25) is 9.79 Å². The summed E-state index contributed by atoms with van der Waals surface area (Å²) < 4.78 is 0. The number of guanidine groups is 1. The maximum Gasteiger partial charge on any atom is 0.206 e. The van der Waals surface area contributed by atoms with Crippen molar-refractivity contribution in [2.45, 2.75) is 6.42 Å². The number of ketones is 1. The van der Waals surface area contributed by atoms with E-state index in [-0.39, 0.29) is 24.7 Å². The van der Waals surface area contributed by atoms with Crippen LogP contribution in [0.2, 0.25) is 5.02 Å². The number of nitrogens with zero attached hydrogens (tertiary/aromatic N) is 3. The standard InChI is InChI=1S/C18H16ClN3O.ClH/c19-14-8-6-13(7-9-14)17(23)12-22-16-5-2-1-4-15(16)21-11-3-10-20-18(21)22;/h1-2,4-9H,3,10-12H2;1H. The summed E-state index contributed by atoms with van der Waals surface area (Å²) in [6.45, 7) is 2.04. The van der Waals surface area contributed by atoms with Crippen molar-refractivity contribution < 1.29 is 4.79 Å². The van der Waals surface area contributed by atoms with Gasteiger partial charge < -0.3 is 9.80 Å². The first-order chi connectivity index (χ1) is 11.2. The van der Waals surface area contributed by atoms with Crippen LogP contribution in [0.5, 0.6) is 0 Å². The third kappa shape index (κ3) is 2.87. The minimum atomic E-state index is 0. The average molecular weight is 362 g/mol. The van der Waals surface area contributed by atoms with Gasteiger partial charge in [-0.25, -0.2) is 0 Å². The van der Waals surface area contributed by atoms with Crippen molar-refractivity contribution in [3.05, 3.63) is 59.1 Å². The number of hydrogen-bond acceptors (Lipinski definition) is 4. The maximum absolute atomic E-state index is 12.6. The molecule has 6 heteroatoms. The Balaban J connectivity index is 0.00000169. The van der Waals surface area contributed by atoms with Gasteiger partial charge in [0.1, 0.15) is 0 Å². The second-order valence-corrected chi connectivity index (χ2v) is 6.13. The van der Waals surface area contributed by atoms with E-state index < -0.39 is 0 Å². The third-order valence-corrected chi connectivity index (χ3v) is 4.46. The zero-order valence-corrected chi connectivity index (χ0v) is 14.6. The maximum atomic E-state index is 12.6. The van der Waals surface area contributed by atoms with Crippen molar-refractivity contribution in [1.29, 1.82) is 0 Å². The molecule has 24 heavy (non-hydrogen) atoms. The van der Waals surface area contributed by atoms with E-state index in [4.69, 9.17) is 11.6 Å². The molecule has 124 valence electrons. The van der Waals surface area contributed by atoms with Crippen molar-refractivity contribution in [3.63, 3.8) is 0 Å². The minimum Gasteiger partial charge on any atom is -0.310 e. The predicted molar refractivity (Wildman–Crippen MR) is 101 cm³/mol. The molecule has 0 saturated heterocycles. The van der Waals surface area contributed by atoms with E-state index in [0.29, 0.717) is 10.6 Å². The number of anilines is 2. The van der Waals surface area contributed by atoms with Crippen molar-refractivity contribution >= 4 is 47.1 Å². The van der Waals surface area contributed by atoms with Crippen LogP contribution in [-0.2, 0) is 0 Å². The summed E-state index contributed by atoms with van der Waals surface area (Å²) in [6, 6.07) is 15.2. The lowest BCUT2D eigenvalue weighted by Crippen LogP contribution is -2.43. The molecule has 0 atom stereocenters. The van der Waals surface area contributed by atoms with Crippen LogP contribution in [0.4, 0.5) is 11.4 Å². The number of hydrogen-bond donors (Lipinski definition) is 0. The Kier molecular flexibility index (Phi) is 4.78. The fourth-order valence-electron chi connectivity index (χ4n) is 3.11. The van der Waals surface area contributed by atoms with Crippen LogP contribution in [0.25, 0.3) is 0 Å². The third-order valence-electron chi connectivity index (χ3n) is 4.21. The van der Waals surface area contributed by atoms with Crippen molar-refractivity contribution in [2.75, 3.05) is 29.4 Å². The first kappa shape index (κ1) is 16.8. The molecule has 2 aromatic carbocycles. The summed E-state index contributed by atoms with van der Waals surface area (Å²) in [7, 11) is 0. The molecule has 0 saturated carbocycles. The first-order valence-electron chi connectivity index (χ1n) is 7.71. The highest BCUT2D eigenvalue weighted by molar-refractivity contribution is 6.30. The molecule has 0 radical (unpaired) electrons. The Bertz CT molecular complexity index is 789. The summed E-state index contributed by atoms with van der Waals surface area (Å²) in [5.41, 5.74) is 2.85. The van der Waals surface area contributed by atoms with E-state index >= 15 is 0 Å². The number of halogens is 2. The number of para-hydroxylation sites is 2. The molecule has 4 rings (SSSR count). The fourth-order valence-corrected chi connectivity index (χ4v) is 3.23. The van der Waals surface area contributed by atoms with Gasteiger partial charge in [0.05, 0.1) is 17.9 Å². The molecule has 0 fully saturated rings. The van der Waals surface area contributed by atoms with E-state index in [1.165, 1.54) is 0 Å². The Labute approximate surface area is 152 Å². The van der Waals surface area contributed by atoms with Gasteiger partial charge >= 0.3 is 0 Å². The Morgan fingerprint density at radius 1 is 1.08 bits per heavy atom. The predicted octanol–water partition coefficient (Wildman–Crippen LogP) is 4.03. The van der Waals surface area contributed by atoms with Gasteiger partial charge in [-0.1, -0.05) is 23.7 Å². The molecule has 2 heterocycles. The summed E-state index contributed by atoms with van der Waals surface area (Å²) in [6.07, 6.45) is 1.04. The molecule has 2 aliphatic rings. The number of benzene rings is 2. The van der Waals surface area contributed by atoms with Gasteiger partial charge in [0.2, 0.25) is 5.96 Å². The van der Waals surface area contributed by atoms with E-state index in [1.54, 1.807) is 24.3 Å². The molecule has 0 N–H and O–H groups in total. The SMILES string of the molecule is Cl.O=C(CN1C2=NCCCN2c2ccccc21)c1ccc(Cl)cc1. The molecule has 0 spiro atoms. The lowest BCUT2D eigenvalue weighted by Gasteiger charge is -2.26. The topological polar surface area (TPSA) is 35.9 Å². The highest BCUT2D eigenvalue weighted by Crippen LogP contribution is 2.38. The normalized spacial score (nSPS) is 15.3. The highest BCUT2D eigenvalue weighted by atomic mass is 35.5.